The van der Waals surface area contributed by atoms with Crippen molar-refractivity contribution in [1.82, 2.24) is 0 Å². The first-order valence-corrected chi connectivity index (χ1v) is 6.66. The Labute approximate surface area is 118 Å². The second-order valence-corrected chi connectivity index (χ2v) is 5.07. The lowest BCUT2D eigenvalue weighted by molar-refractivity contribution is -0.384. The van der Waals surface area contributed by atoms with E-state index in [9.17, 15) is 14.9 Å². The number of nitro benzene ring substituents is 1. The van der Waals surface area contributed by atoms with Crippen LogP contribution in [-0.2, 0) is 4.79 Å². The Kier molecular flexibility index (Phi) is 5.64. The van der Waals surface area contributed by atoms with Crippen molar-refractivity contribution in [3.8, 4) is 0 Å². The molecule has 0 aliphatic heterocycles. The van der Waals surface area contributed by atoms with E-state index in [0.717, 1.165) is 12.0 Å². The Morgan fingerprint density at radius 1 is 1.35 bits per heavy atom. The lowest BCUT2D eigenvalue weighted by Gasteiger charge is -2.24. The third kappa shape index (κ3) is 4.03. The molecule has 6 heteroatoms. The smallest absolute Gasteiger partial charge is 0.269 e. The first-order chi connectivity index (χ1) is 9.36. The number of amides is 1. The fourth-order valence-electron chi connectivity index (χ4n) is 2.32. The number of primary amides is 1. The van der Waals surface area contributed by atoms with Gasteiger partial charge in [-0.3, -0.25) is 14.9 Å². The van der Waals surface area contributed by atoms with Gasteiger partial charge in [-0.05, 0) is 24.3 Å². The maximum absolute atomic E-state index is 11.1. The van der Waals surface area contributed by atoms with Gasteiger partial charge in [-0.15, -0.1) is 0 Å². The molecule has 0 saturated heterocycles. The third-order valence-electron chi connectivity index (χ3n) is 3.60. The van der Waals surface area contributed by atoms with Crippen LogP contribution in [0.2, 0.25) is 0 Å². The Morgan fingerprint density at radius 3 is 2.30 bits per heavy atom. The van der Waals surface area contributed by atoms with Gasteiger partial charge >= 0.3 is 0 Å². The number of carbonyl (C=O) groups is 1. The Bertz CT molecular complexity index is 473. The van der Waals surface area contributed by atoms with E-state index >= 15 is 0 Å². The molecule has 0 fully saturated rings. The van der Waals surface area contributed by atoms with Crippen LogP contribution >= 0.6 is 0 Å². The molecule has 1 aromatic carbocycles. The van der Waals surface area contributed by atoms with E-state index in [1.165, 1.54) is 12.1 Å². The van der Waals surface area contributed by atoms with Crippen LogP contribution in [-0.4, -0.2) is 16.9 Å². The lowest BCUT2D eigenvalue weighted by Crippen LogP contribution is -2.34. The molecule has 6 nitrogen and oxygen atoms in total. The number of carbonyl (C=O) groups excluding carboxylic acids is 1. The molecule has 4 N–H and O–H groups in total. The summed E-state index contributed by atoms with van der Waals surface area (Å²) in [4.78, 5) is 21.3. The first kappa shape index (κ1) is 16.1. The molecule has 0 bridgehead atoms. The van der Waals surface area contributed by atoms with Crippen LogP contribution in [0.4, 0.5) is 5.69 Å². The Balaban J connectivity index is 2.84. The molecule has 0 saturated carbocycles. The zero-order chi connectivity index (χ0) is 15.3. The molecule has 20 heavy (non-hydrogen) atoms. The number of benzene rings is 1. The monoisotopic (exact) mass is 279 g/mol. The minimum Gasteiger partial charge on any atom is -0.369 e. The van der Waals surface area contributed by atoms with Gasteiger partial charge in [-0.1, -0.05) is 26.0 Å². The highest BCUT2D eigenvalue weighted by atomic mass is 16.6. The van der Waals surface area contributed by atoms with Crippen molar-refractivity contribution in [1.29, 1.82) is 0 Å². The van der Waals surface area contributed by atoms with E-state index in [2.05, 4.69) is 0 Å². The summed E-state index contributed by atoms with van der Waals surface area (Å²) in [5.74, 6) is -0.589. The number of rotatable bonds is 7. The average molecular weight is 279 g/mol. The van der Waals surface area contributed by atoms with E-state index in [4.69, 9.17) is 11.5 Å². The molecule has 1 aromatic rings. The van der Waals surface area contributed by atoms with E-state index in [1.54, 1.807) is 19.1 Å². The second-order valence-electron chi connectivity index (χ2n) is 5.07. The van der Waals surface area contributed by atoms with Gasteiger partial charge in [0.25, 0.3) is 5.69 Å². The van der Waals surface area contributed by atoms with Crippen LogP contribution in [0.15, 0.2) is 24.3 Å². The summed E-state index contributed by atoms with van der Waals surface area (Å²) in [6, 6.07) is 6.19. The van der Waals surface area contributed by atoms with Crippen molar-refractivity contribution < 1.29 is 9.72 Å². The van der Waals surface area contributed by atoms with E-state index < -0.39 is 4.92 Å². The number of nitro groups is 1. The van der Waals surface area contributed by atoms with Gasteiger partial charge in [0.2, 0.25) is 5.91 Å². The highest BCUT2D eigenvalue weighted by Gasteiger charge is 2.22. The standard InChI is InChI=1S/C14H21N3O3/c1-3-12(13(15)8-9(2)14(16)18)10-4-6-11(7-5-10)17(19)20/h4-7,9,12-13H,3,8,15H2,1-2H3,(H2,16,18)/t9-,12?,13?/m0/s1. The minimum atomic E-state index is -0.431. The van der Waals surface area contributed by atoms with Crippen molar-refractivity contribution in [3.05, 3.63) is 39.9 Å². The topological polar surface area (TPSA) is 112 Å². The molecule has 1 rings (SSSR count). The quantitative estimate of drug-likeness (QED) is 0.586. The molecule has 0 spiro atoms. The molecule has 0 radical (unpaired) electrons. The van der Waals surface area contributed by atoms with Crippen LogP contribution in [0.25, 0.3) is 0 Å². The zero-order valence-electron chi connectivity index (χ0n) is 11.8. The Morgan fingerprint density at radius 2 is 1.90 bits per heavy atom. The van der Waals surface area contributed by atoms with Crippen molar-refractivity contribution in [2.24, 2.45) is 17.4 Å². The maximum Gasteiger partial charge on any atom is 0.269 e. The van der Waals surface area contributed by atoms with Crippen LogP contribution in [0.5, 0.6) is 0 Å². The highest BCUT2D eigenvalue weighted by molar-refractivity contribution is 5.76. The fourth-order valence-corrected chi connectivity index (χ4v) is 2.32. The van der Waals surface area contributed by atoms with Gasteiger partial charge in [0.05, 0.1) is 4.92 Å². The number of nitrogens with two attached hydrogens (primary N) is 2. The fraction of sp³-hybridized carbons (Fsp3) is 0.500. The van der Waals surface area contributed by atoms with Crippen molar-refractivity contribution >= 4 is 11.6 Å². The van der Waals surface area contributed by atoms with Gasteiger partial charge in [-0.25, -0.2) is 0 Å². The van der Waals surface area contributed by atoms with Crippen LogP contribution in [0, 0.1) is 16.0 Å². The number of nitrogens with zero attached hydrogens (tertiary/aromatic N) is 1. The summed E-state index contributed by atoms with van der Waals surface area (Å²) in [5.41, 5.74) is 12.4. The molecule has 2 unspecified atom stereocenters. The van der Waals surface area contributed by atoms with E-state index in [0.29, 0.717) is 6.42 Å². The summed E-state index contributed by atoms with van der Waals surface area (Å²) in [7, 11) is 0. The molecule has 110 valence electrons. The normalized spacial score (nSPS) is 15.3. The summed E-state index contributed by atoms with van der Waals surface area (Å²) in [6.07, 6.45) is 1.30. The van der Waals surface area contributed by atoms with E-state index in [-0.39, 0.29) is 29.5 Å². The van der Waals surface area contributed by atoms with Gasteiger partial charge in [0.15, 0.2) is 0 Å². The van der Waals surface area contributed by atoms with Crippen LogP contribution in [0.3, 0.4) is 0 Å². The SMILES string of the molecule is CCC(c1ccc([N+](=O)[O-])cc1)C(N)C[C@H](C)C(N)=O. The van der Waals surface area contributed by atoms with Crippen molar-refractivity contribution in [2.75, 3.05) is 0 Å². The molecule has 0 aromatic heterocycles. The van der Waals surface area contributed by atoms with E-state index in [1.807, 2.05) is 6.92 Å². The second kappa shape index (κ2) is 7.00. The molecule has 0 aliphatic carbocycles. The van der Waals surface area contributed by atoms with Gasteiger partial charge in [-0.2, -0.15) is 0 Å². The summed E-state index contributed by atoms with van der Waals surface area (Å²) < 4.78 is 0. The molecule has 0 aliphatic rings. The molecule has 3 atom stereocenters. The number of hydrogen-bond acceptors (Lipinski definition) is 4. The first-order valence-electron chi connectivity index (χ1n) is 6.66. The van der Waals surface area contributed by atoms with Crippen LogP contribution < -0.4 is 11.5 Å². The van der Waals surface area contributed by atoms with Crippen LogP contribution in [0.1, 0.15) is 38.2 Å². The zero-order valence-corrected chi connectivity index (χ0v) is 11.8. The average Bonchev–Trinajstić information content (AvgIpc) is 2.39. The minimum absolute atomic E-state index is 0.0533. The number of non-ortho nitro benzene ring substituents is 1. The Hall–Kier alpha value is -1.95. The lowest BCUT2D eigenvalue weighted by atomic mass is 9.85. The largest absolute Gasteiger partial charge is 0.369 e. The molecular weight excluding hydrogens is 258 g/mol. The summed E-state index contributed by atoms with van der Waals surface area (Å²) in [6.45, 7) is 3.76. The molecule has 0 heterocycles. The molecular formula is C14H21N3O3. The van der Waals surface area contributed by atoms with Crippen molar-refractivity contribution in [3.63, 3.8) is 0 Å². The maximum atomic E-state index is 11.1. The van der Waals surface area contributed by atoms with Gasteiger partial charge in [0, 0.05) is 24.1 Å². The highest BCUT2D eigenvalue weighted by Crippen LogP contribution is 2.27. The van der Waals surface area contributed by atoms with Gasteiger partial charge < -0.3 is 11.5 Å². The number of hydrogen-bond donors (Lipinski definition) is 2. The predicted octanol–water partition coefficient (Wildman–Crippen LogP) is 1.93. The van der Waals surface area contributed by atoms with Gasteiger partial charge in [0.1, 0.15) is 0 Å². The molecule has 1 amide bonds. The third-order valence-corrected chi connectivity index (χ3v) is 3.60. The summed E-state index contributed by atoms with van der Waals surface area (Å²) in [5, 5.41) is 10.6. The summed E-state index contributed by atoms with van der Waals surface area (Å²) >= 11 is 0. The predicted molar refractivity (Wildman–Crippen MR) is 77.1 cm³/mol. The van der Waals surface area contributed by atoms with Crippen molar-refractivity contribution in [2.45, 2.75) is 38.6 Å².